The standard InChI is InChI=1S/C17H17NO2/c1-2-20-17(15-11-7-4-8-12-15)18-13-16(19)14-9-5-3-6-10-14/h3-12H,2,13H2,1H3. The van der Waals surface area contributed by atoms with E-state index in [2.05, 4.69) is 4.99 Å². The molecule has 0 spiro atoms. The van der Waals surface area contributed by atoms with E-state index in [0.29, 0.717) is 18.1 Å². The third-order valence-corrected chi connectivity index (χ3v) is 2.76. The molecule has 0 fully saturated rings. The van der Waals surface area contributed by atoms with Crippen molar-refractivity contribution in [2.24, 2.45) is 4.99 Å². The summed E-state index contributed by atoms with van der Waals surface area (Å²) in [6, 6.07) is 18.8. The molecule has 0 heterocycles. The topological polar surface area (TPSA) is 38.7 Å². The Morgan fingerprint density at radius 1 is 0.950 bits per heavy atom. The van der Waals surface area contributed by atoms with Gasteiger partial charge < -0.3 is 4.74 Å². The molecule has 2 rings (SSSR count). The molecule has 0 N–H and O–H groups in total. The van der Waals surface area contributed by atoms with Crippen molar-refractivity contribution in [1.29, 1.82) is 0 Å². The summed E-state index contributed by atoms with van der Waals surface area (Å²) in [5.74, 6) is 0.496. The molecule has 0 radical (unpaired) electrons. The summed E-state index contributed by atoms with van der Waals surface area (Å²) < 4.78 is 5.51. The number of hydrogen-bond acceptors (Lipinski definition) is 3. The van der Waals surface area contributed by atoms with Crippen molar-refractivity contribution in [3.05, 3.63) is 71.8 Å². The fourth-order valence-electron chi connectivity index (χ4n) is 1.80. The van der Waals surface area contributed by atoms with Crippen LogP contribution >= 0.6 is 0 Å². The Kier molecular flexibility index (Phi) is 5.07. The molecule has 2 aromatic carbocycles. The highest BCUT2D eigenvalue weighted by atomic mass is 16.5. The van der Waals surface area contributed by atoms with E-state index >= 15 is 0 Å². The molecule has 0 saturated heterocycles. The molecular formula is C17H17NO2. The van der Waals surface area contributed by atoms with E-state index in [9.17, 15) is 4.79 Å². The Labute approximate surface area is 118 Å². The number of carbonyl (C=O) groups excluding carboxylic acids is 1. The van der Waals surface area contributed by atoms with Crippen molar-refractivity contribution < 1.29 is 9.53 Å². The maximum absolute atomic E-state index is 12.0. The number of nitrogens with zero attached hydrogens (tertiary/aromatic N) is 1. The van der Waals surface area contributed by atoms with E-state index in [0.717, 1.165) is 5.56 Å². The summed E-state index contributed by atoms with van der Waals surface area (Å²) >= 11 is 0. The van der Waals surface area contributed by atoms with Crippen LogP contribution in [-0.4, -0.2) is 24.8 Å². The van der Waals surface area contributed by atoms with Crippen LogP contribution in [-0.2, 0) is 4.74 Å². The highest BCUT2D eigenvalue weighted by Gasteiger charge is 2.07. The third-order valence-electron chi connectivity index (χ3n) is 2.76. The Morgan fingerprint density at radius 2 is 1.50 bits per heavy atom. The predicted molar refractivity (Wildman–Crippen MR) is 80.2 cm³/mol. The van der Waals surface area contributed by atoms with Crippen LogP contribution in [0.3, 0.4) is 0 Å². The summed E-state index contributed by atoms with van der Waals surface area (Å²) in [6.45, 7) is 2.51. The van der Waals surface area contributed by atoms with Gasteiger partial charge >= 0.3 is 0 Å². The van der Waals surface area contributed by atoms with Crippen LogP contribution in [0, 0.1) is 0 Å². The van der Waals surface area contributed by atoms with Gasteiger partial charge in [-0.05, 0) is 19.1 Å². The highest BCUT2D eigenvalue weighted by molar-refractivity contribution is 6.00. The van der Waals surface area contributed by atoms with E-state index in [1.54, 1.807) is 12.1 Å². The Balaban J connectivity index is 2.12. The van der Waals surface area contributed by atoms with Crippen LogP contribution in [0.4, 0.5) is 0 Å². The maximum atomic E-state index is 12.0. The molecular weight excluding hydrogens is 250 g/mol. The quantitative estimate of drug-likeness (QED) is 0.473. The zero-order chi connectivity index (χ0) is 14.2. The number of aliphatic imine (C=N–C) groups is 1. The zero-order valence-electron chi connectivity index (χ0n) is 11.5. The molecule has 0 aliphatic carbocycles. The van der Waals surface area contributed by atoms with Crippen LogP contribution in [0.1, 0.15) is 22.8 Å². The number of rotatable bonds is 5. The minimum atomic E-state index is -0.0151. The first kappa shape index (κ1) is 14.0. The van der Waals surface area contributed by atoms with Gasteiger partial charge in [-0.3, -0.25) is 4.79 Å². The lowest BCUT2D eigenvalue weighted by atomic mass is 10.1. The summed E-state index contributed by atoms with van der Waals surface area (Å²) in [5, 5.41) is 0. The average Bonchev–Trinajstić information content (AvgIpc) is 2.53. The third kappa shape index (κ3) is 3.79. The minimum Gasteiger partial charge on any atom is -0.478 e. The van der Waals surface area contributed by atoms with Gasteiger partial charge in [0.25, 0.3) is 0 Å². The molecule has 0 amide bonds. The number of ether oxygens (including phenoxy) is 1. The number of hydrogen-bond donors (Lipinski definition) is 0. The van der Waals surface area contributed by atoms with E-state index in [1.807, 2.05) is 55.5 Å². The number of carbonyl (C=O) groups is 1. The molecule has 0 aliphatic rings. The number of ketones is 1. The van der Waals surface area contributed by atoms with Crippen molar-refractivity contribution in [2.75, 3.05) is 13.2 Å². The van der Waals surface area contributed by atoms with Crippen molar-refractivity contribution in [3.63, 3.8) is 0 Å². The molecule has 0 aliphatic heterocycles. The van der Waals surface area contributed by atoms with Gasteiger partial charge in [0, 0.05) is 11.1 Å². The number of Topliss-reactive ketones (excluding diaryl/α,β-unsaturated/α-hetero) is 1. The molecule has 0 bridgehead atoms. The van der Waals surface area contributed by atoms with Gasteiger partial charge in [0.05, 0.1) is 6.61 Å². The SMILES string of the molecule is CCOC(=NCC(=O)c1ccccc1)c1ccccc1. The molecule has 102 valence electrons. The predicted octanol–water partition coefficient (Wildman–Crippen LogP) is 3.35. The molecule has 0 saturated carbocycles. The Morgan fingerprint density at radius 3 is 2.05 bits per heavy atom. The Bertz CT molecular complexity index is 576. The monoisotopic (exact) mass is 267 g/mol. The molecule has 3 nitrogen and oxygen atoms in total. The van der Waals surface area contributed by atoms with Crippen molar-refractivity contribution in [3.8, 4) is 0 Å². The van der Waals surface area contributed by atoms with Gasteiger partial charge in [-0.1, -0.05) is 48.5 Å². The normalized spacial score (nSPS) is 11.2. The molecule has 20 heavy (non-hydrogen) atoms. The smallest absolute Gasteiger partial charge is 0.216 e. The zero-order valence-corrected chi connectivity index (χ0v) is 11.5. The van der Waals surface area contributed by atoms with Gasteiger partial charge in [0.1, 0.15) is 6.54 Å². The van der Waals surface area contributed by atoms with Gasteiger partial charge in [-0.15, -0.1) is 0 Å². The second-order valence-corrected chi connectivity index (χ2v) is 4.21. The van der Waals surface area contributed by atoms with Crippen molar-refractivity contribution in [1.82, 2.24) is 0 Å². The first-order chi connectivity index (χ1) is 9.81. The summed E-state index contributed by atoms with van der Waals surface area (Å²) in [4.78, 5) is 16.3. The fraction of sp³-hybridized carbons (Fsp3) is 0.176. The largest absolute Gasteiger partial charge is 0.478 e. The fourth-order valence-corrected chi connectivity index (χ4v) is 1.80. The lowest BCUT2D eigenvalue weighted by Gasteiger charge is -2.07. The molecule has 3 heteroatoms. The summed E-state index contributed by atoms with van der Waals surface area (Å²) in [6.07, 6.45) is 0. The van der Waals surface area contributed by atoms with Crippen molar-refractivity contribution in [2.45, 2.75) is 6.92 Å². The van der Waals surface area contributed by atoms with Crippen LogP contribution < -0.4 is 0 Å². The minimum absolute atomic E-state index is 0.0151. The average molecular weight is 267 g/mol. The first-order valence-corrected chi connectivity index (χ1v) is 6.62. The first-order valence-electron chi connectivity index (χ1n) is 6.62. The van der Waals surface area contributed by atoms with E-state index in [-0.39, 0.29) is 12.3 Å². The second-order valence-electron chi connectivity index (χ2n) is 4.21. The van der Waals surface area contributed by atoms with Crippen LogP contribution in [0.15, 0.2) is 65.7 Å². The molecule has 0 unspecified atom stereocenters. The molecule has 0 atom stereocenters. The highest BCUT2D eigenvalue weighted by Crippen LogP contribution is 2.05. The van der Waals surface area contributed by atoms with E-state index < -0.39 is 0 Å². The van der Waals surface area contributed by atoms with Gasteiger partial charge in [0.2, 0.25) is 5.90 Å². The maximum Gasteiger partial charge on any atom is 0.216 e. The Hall–Kier alpha value is -2.42. The van der Waals surface area contributed by atoms with Gasteiger partial charge in [0.15, 0.2) is 5.78 Å². The van der Waals surface area contributed by atoms with E-state index in [4.69, 9.17) is 4.74 Å². The lowest BCUT2D eigenvalue weighted by molar-refractivity contribution is 0.100. The van der Waals surface area contributed by atoms with E-state index in [1.165, 1.54) is 0 Å². The summed E-state index contributed by atoms with van der Waals surface area (Å²) in [7, 11) is 0. The van der Waals surface area contributed by atoms with Crippen LogP contribution in [0.2, 0.25) is 0 Å². The second kappa shape index (κ2) is 7.24. The molecule has 0 aromatic heterocycles. The van der Waals surface area contributed by atoms with Gasteiger partial charge in [-0.25, -0.2) is 4.99 Å². The van der Waals surface area contributed by atoms with Crippen molar-refractivity contribution >= 4 is 11.7 Å². The van der Waals surface area contributed by atoms with Crippen LogP contribution in [0.25, 0.3) is 0 Å². The lowest BCUT2D eigenvalue weighted by Crippen LogP contribution is -2.11. The molecule has 2 aromatic rings. The van der Waals surface area contributed by atoms with Gasteiger partial charge in [-0.2, -0.15) is 0 Å². The number of benzene rings is 2. The summed E-state index contributed by atoms with van der Waals surface area (Å²) in [5.41, 5.74) is 1.55. The van der Waals surface area contributed by atoms with Crippen LogP contribution in [0.5, 0.6) is 0 Å².